The SMILES string of the molecule is O=C(O)N1CCC(N2C(=O)OC[C@@H]3CCCC[C@H]32)CC1. The number of nitrogens with zero attached hydrogens (tertiary/aromatic N) is 2. The van der Waals surface area contributed by atoms with Gasteiger partial charge in [0.2, 0.25) is 0 Å². The van der Waals surface area contributed by atoms with Gasteiger partial charge in [0.05, 0.1) is 6.61 Å². The van der Waals surface area contributed by atoms with E-state index in [1.165, 1.54) is 17.7 Å². The Morgan fingerprint density at radius 1 is 1.15 bits per heavy atom. The molecule has 1 N–H and O–H groups in total. The molecule has 0 unspecified atom stereocenters. The molecular formula is C14H22N2O4. The van der Waals surface area contributed by atoms with Gasteiger partial charge in [-0.05, 0) is 25.7 Å². The molecule has 0 aromatic heterocycles. The largest absolute Gasteiger partial charge is 0.465 e. The van der Waals surface area contributed by atoms with Gasteiger partial charge >= 0.3 is 12.2 Å². The van der Waals surface area contributed by atoms with Crippen LogP contribution in [-0.4, -0.2) is 58.9 Å². The molecule has 0 bridgehead atoms. The first-order chi connectivity index (χ1) is 9.66. The molecule has 20 heavy (non-hydrogen) atoms. The number of hydrogen-bond donors (Lipinski definition) is 1. The lowest BCUT2D eigenvalue weighted by molar-refractivity contribution is -0.0358. The Morgan fingerprint density at radius 3 is 2.55 bits per heavy atom. The number of hydrogen-bond acceptors (Lipinski definition) is 3. The molecule has 2 atom stereocenters. The van der Waals surface area contributed by atoms with E-state index < -0.39 is 6.09 Å². The van der Waals surface area contributed by atoms with Gasteiger partial charge in [0.1, 0.15) is 0 Å². The first kappa shape index (κ1) is 13.5. The summed E-state index contributed by atoms with van der Waals surface area (Å²) in [5.41, 5.74) is 0. The number of cyclic esters (lactones) is 1. The van der Waals surface area contributed by atoms with Gasteiger partial charge in [-0.1, -0.05) is 12.8 Å². The van der Waals surface area contributed by atoms with Gasteiger partial charge in [-0.15, -0.1) is 0 Å². The van der Waals surface area contributed by atoms with Gasteiger partial charge in [-0.3, -0.25) is 0 Å². The zero-order valence-corrected chi connectivity index (χ0v) is 11.7. The normalized spacial score (nSPS) is 31.7. The van der Waals surface area contributed by atoms with Crippen LogP contribution in [0, 0.1) is 5.92 Å². The zero-order chi connectivity index (χ0) is 14.1. The zero-order valence-electron chi connectivity index (χ0n) is 11.7. The van der Waals surface area contributed by atoms with Crippen molar-refractivity contribution in [3.05, 3.63) is 0 Å². The van der Waals surface area contributed by atoms with Crippen molar-refractivity contribution in [2.75, 3.05) is 19.7 Å². The van der Waals surface area contributed by atoms with Gasteiger partial charge in [0, 0.05) is 31.1 Å². The molecule has 1 saturated carbocycles. The van der Waals surface area contributed by atoms with Crippen LogP contribution in [0.25, 0.3) is 0 Å². The van der Waals surface area contributed by atoms with Gasteiger partial charge < -0.3 is 19.6 Å². The summed E-state index contributed by atoms with van der Waals surface area (Å²) in [7, 11) is 0. The topological polar surface area (TPSA) is 70.1 Å². The van der Waals surface area contributed by atoms with Crippen LogP contribution < -0.4 is 0 Å². The Morgan fingerprint density at radius 2 is 1.85 bits per heavy atom. The second-order valence-corrected chi connectivity index (χ2v) is 6.10. The first-order valence-corrected chi connectivity index (χ1v) is 7.60. The fraction of sp³-hybridized carbons (Fsp3) is 0.857. The Balaban J connectivity index is 1.68. The van der Waals surface area contributed by atoms with E-state index in [0.29, 0.717) is 31.7 Å². The molecule has 6 nitrogen and oxygen atoms in total. The van der Waals surface area contributed by atoms with Crippen LogP contribution in [0.1, 0.15) is 38.5 Å². The maximum Gasteiger partial charge on any atom is 0.410 e. The van der Waals surface area contributed by atoms with Crippen molar-refractivity contribution in [1.29, 1.82) is 0 Å². The highest BCUT2D eigenvalue weighted by Crippen LogP contribution is 2.35. The molecule has 0 aromatic rings. The van der Waals surface area contributed by atoms with Crippen molar-refractivity contribution in [3.63, 3.8) is 0 Å². The van der Waals surface area contributed by atoms with E-state index >= 15 is 0 Å². The summed E-state index contributed by atoms with van der Waals surface area (Å²) in [6.07, 6.45) is 5.02. The van der Waals surface area contributed by atoms with Crippen LogP contribution >= 0.6 is 0 Å². The quantitative estimate of drug-likeness (QED) is 0.800. The van der Waals surface area contributed by atoms with E-state index in [1.807, 2.05) is 4.90 Å². The standard InChI is InChI=1S/C14H22N2O4/c17-13(18)15-7-5-11(6-8-15)16-12-4-2-1-3-10(12)9-20-14(16)19/h10-12H,1-9H2,(H,17,18)/t10-,12+/m0/s1. The van der Waals surface area contributed by atoms with E-state index in [1.54, 1.807) is 0 Å². The van der Waals surface area contributed by atoms with Gasteiger partial charge in [0.15, 0.2) is 0 Å². The molecule has 112 valence electrons. The maximum absolute atomic E-state index is 12.1. The molecule has 6 heteroatoms. The van der Waals surface area contributed by atoms with Crippen molar-refractivity contribution in [1.82, 2.24) is 9.80 Å². The predicted molar refractivity (Wildman–Crippen MR) is 71.6 cm³/mol. The third-order valence-corrected chi connectivity index (χ3v) is 4.99. The van der Waals surface area contributed by atoms with E-state index in [9.17, 15) is 9.59 Å². The van der Waals surface area contributed by atoms with Crippen LogP contribution in [-0.2, 0) is 4.74 Å². The summed E-state index contributed by atoms with van der Waals surface area (Å²) in [6.45, 7) is 1.59. The number of rotatable bonds is 1. The second kappa shape index (κ2) is 5.50. The van der Waals surface area contributed by atoms with Crippen LogP contribution in [0.5, 0.6) is 0 Å². The van der Waals surface area contributed by atoms with Crippen LogP contribution in [0.15, 0.2) is 0 Å². The van der Waals surface area contributed by atoms with Crippen molar-refractivity contribution in [2.24, 2.45) is 5.92 Å². The Hall–Kier alpha value is -1.46. The van der Waals surface area contributed by atoms with Gasteiger partial charge in [-0.25, -0.2) is 9.59 Å². The molecule has 3 rings (SSSR count). The lowest BCUT2D eigenvalue weighted by atomic mass is 9.82. The lowest BCUT2D eigenvalue weighted by Gasteiger charge is -2.48. The summed E-state index contributed by atoms with van der Waals surface area (Å²) < 4.78 is 5.34. The van der Waals surface area contributed by atoms with Crippen molar-refractivity contribution >= 4 is 12.2 Å². The van der Waals surface area contributed by atoms with Crippen LogP contribution in [0.4, 0.5) is 9.59 Å². The molecule has 3 aliphatic rings. The minimum absolute atomic E-state index is 0.143. The number of ether oxygens (including phenoxy) is 1. The molecule has 0 aromatic carbocycles. The Labute approximate surface area is 118 Å². The van der Waals surface area contributed by atoms with Crippen LogP contribution in [0.2, 0.25) is 0 Å². The predicted octanol–water partition coefficient (Wildman–Crippen LogP) is 2.14. The summed E-state index contributed by atoms with van der Waals surface area (Å²) in [5, 5.41) is 8.99. The summed E-state index contributed by atoms with van der Waals surface area (Å²) in [6, 6.07) is 0.454. The molecule has 2 aliphatic heterocycles. The number of piperidine rings is 1. The average Bonchev–Trinajstić information content (AvgIpc) is 2.47. The summed E-state index contributed by atoms with van der Waals surface area (Å²) in [5.74, 6) is 0.471. The summed E-state index contributed by atoms with van der Waals surface area (Å²) in [4.78, 5) is 26.5. The third-order valence-electron chi connectivity index (χ3n) is 4.99. The highest BCUT2D eigenvalue weighted by molar-refractivity contribution is 5.69. The highest BCUT2D eigenvalue weighted by Gasteiger charge is 2.42. The number of amides is 2. The Kier molecular flexibility index (Phi) is 3.72. The van der Waals surface area contributed by atoms with Gasteiger partial charge in [-0.2, -0.15) is 0 Å². The van der Waals surface area contributed by atoms with Gasteiger partial charge in [0.25, 0.3) is 0 Å². The molecule has 1 aliphatic carbocycles. The fourth-order valence-corrected chi connectivity index (χ4v) is 3.89. The molecular weight excluding hydrogens is 260 g/mol. The smallest absolute Gasteiger partial charge is 0.410 e. The number of carbonyl (C=O) groups excluding carboxylic acids is 1. The maximum atomic E-state index is 12.1. The average molecular weight is 282 g/mol. The number of fused-ring (bicyclic) bond motifs is 1. The van der Waals surface area contributed by atoms with Crippen molar-refractivity contribution in [2.45, 2.75) is 50.6 Å². The third kappa shape index (κ3) is 2.43. The highest BCUT2D eigenvalue weighted by atomic mass is 16.6. The molecule has 0 spiro atoms. The molecule has 0 radical (unpaired) electrons. The summed E-state index contributed by atoms with van der Waals surface area (Å²) >= 11 is 0. The number of carboxylic acid groups (broad SMARTS) is 1. The lowest BCUT2D eigenvalue weighted by Crippen LogP contribution is -2.58. The Bertz CT molecular complexity index is 393. The molecule has 2 heterocycles. The fourth-order valence-electron chi connectivity index (χ4n) is 3.89. The monoisotopic (exact) mass is 282 g/mol. The minimum Gasteiger partial charge on any atom is -0.465 e. The number of carbonyl (C=O) groups is 2. The minimum atomic E-state index is -0.861. The second-order valence-electron chi connectivity index (χ2n) is 6.10. The van der Waals surface area contributed by atoms with E-state index in [2.05, 4.69) is 0 Å². The van der Waals surface area contributed by atoms with E-state index in [0.717, 1.165) is 25.7 Å². The van der Waals surface area contributed by atoms with E-state index in [4.69, 9.17) is 9.84 Å². The van der Waals surface area contributed by atoms with Crippen LogP contribution in [0.3, 0.4) is 0 Å². The van der Waals surface area contributed by atoms with Crippen molar-refractivity contribution in [3.8, 4) is 0 Å². The molecule has 2 saturated heterocycles. The van der Waals surface area contributed by atoms with E-state index in [-0.39, 0.29) is 12.1 Å². The molecule has 3 fully saturated rings. The number of likely N-dealkylation sites (tertiary alicyclic amines) is 1. The molecule has 2 amide bonds. The van der Waals surface area contributed by atoms with Crippen molar-refractivity contribution < 1.29 is 19.4 Å². The first-order valence-electron chi connectivity index (χ1n) is 7.60.